The molecule has 0 radical (unpaired) electrons. The van der Waals surface area contributed by atoms with Crippen molar-refractivity contribution in [2.24, 2.45) is 0 Å². The number of methoxy groups -OCH3 is 1. The molecule has 0 bridgehead atoms. The van der Waals surface area contributed by atoms with Gasteiger partial charge >= 0.3 is 0 Å². The maximum absolute atomic E-state index is 11.1. The van der Waals surface area contributed by atoms with E-state index < -0.39 is 6.10 Å². The second kappa shape index (κ2) is 6.44. The maximum Gasteiger partial charge on any atom is 0.141 e. The third-order valence-corrected chi connectivity index (χ3v) is 6.12. The van der Waals surface area contributed by atoms with Crippen molar-refractivity contribution in [1.29, 1.82) is 5.26 Å². The number of nitriles is 1. The third-order valence-electron chi connectivity index (χ3n) is 4.85. The summed E-state index contributed by atoms with van der Waals surface area (Å²) in [5.41, 5.74) is 2.36. The lowest BCUT2D eigenvalue weighted by molar-refractivity contribution is 0.208. The number of aliphatic hydroxyl groups is 1. The molecule has 1 N–H and O–H groups in total. The van der Waals surface area contributed by atoms with Crippen LogP contribution in [-0.4, -0.2) is 36.6 Å². The molecule has 1 aromatic carbocycles. The summed E-state index contributed by atoms with van der Waals surface area (Å²) in [6.07, 6.45) is 6.59. The number of hydrogen-bond acceptors (Lipinski definition) is 7. The Kier molecular flexibility index (Phi) is 3.89. The molecule has 3 heterocycles. The molecule has 0 aliphatic heterocycles. The van der Waals surface area contributed by atoms with E-state index in [1.807, 2.05) is 10.6 Å². The second-order valence-electron chi connectivity index (χ2n) is 6.75. The lowest BCUT2D eigenvalue weighted by Crippen LogP contribution is -2.06. The molecule has 1 fully saturated rings. The number of benzene rings is 1. The van der Waals surface area contributed by atoms with Crippen molar-refractivity contribution in [3.63, 3.8) is 0 Å². The summed E-state index contributed by atoms with van der Waals surface area (Å²) < 4.78 is 8.72. The molecule has 0 amide bonds. The highest BCUT2D eigenvalue weighted by molar-refractivity contribution is 7.17. The fraction of sp³-hybridized carbons (Fsp3) is 0.263. The van der Waals surface area contributed by atoms with Gasteiger partial charge in [0.15, 0.2) is 0 Å². The van der Waals surface area contributed by atoms with E-state index in [0.717, 1.165) is 23.4 Å². The number of thiazole rings is 1. The molecule has 1 saturated carbocycles. The van der Waals surface area contributed by atoms with Gasteiger partial charge in [0.05, 0.1) is 42.5 Å². The van der Waals surface area contributed by atoms with Gasteiger partial charge in [0.1, 0.15) is 28.7 Å². The molecule has 1 aliphatic carbocycles. The van der Waals surface area contributed by atoms with Gasteiger partial charge in [-0.05, 0) is 30.9 Å². The Labute approximate surface area is 164 Å². The summed E-state index contributed by atoms with van der Waals surface area (Å²) in [5, 5.41) is 28.6. The SMILES string of the molecule is COc1cc(C#N)cc(-n2cc(C(O)c3c(C4CC4)sc4cncn34)nn2)c1. The van der Waals surface area contributed by atoms with Gasteiger partial charge in [-0.25, -0.2) is 9.67 Å². The lowest BCUT2D eigenvalue weighted by atomic mass is 10.1. The fourth-order valence-corrected chi connectivity index (χ4v) is 4.59. The van der Waals surface area contributed by atoms with Crippen LogP contribution >= 0.6 is 11.3 Å². The zero-order chi connectivity index (χ0) is 19.3. The molecule has 1 atom stereocenters. The van der Waals surface area contributed by atoms with Crippen LogP contribution in [0, 0.1) is 11.3 Å². The van der Waals surface area contributed by atoms with Crippen LogP contribution in [0.1, 0.15) is 46.7 Å². The largest absolute Gasteiger partial charge is 0.497 e. The fourth-order valence-electron chi connectivity index (χ4n) is 3.29. The molecule has 4 aromatic rings. The van der Waals surface area contributed by atoms with E-state index in [4.69, 9.17) is 4.74 Å². The van der Waals surface area contributed by atoms with Crippen LogP contribution in [0.25, 0.3) is 10.5 Å². The van der Waals surface area contributed by atoms with Gasteiger partial charge in [-0.2, -0.15) is 5.26 Å². The van der Waals surface area contributed by atoms with E-state index in [1.54, 1.807) is 49.2 Å². The molecule has 140 valence electrons. The molecule has 28 heavy (non-hydrogen) atoms. The van der Waals surface area contributed by atoms with Crippen molar-refractivity contribution >= 4 is 16.2 Å². The van der Waals surface area contributed by atoms with Crippen LogP contribution in [0.3, 0.4) is 0 Å². The molecule has 3 aromatic heterocycles. The van der Waals surface area contributed by atoms with E-state index in [0.29, 0.717) is 28.6 Å². The van der Waals surface area contributed by atoms with Crippen molar-refractivity contribution in [2.45, 2.75) is 24.9 Å². The predicted octanol–water partition coefficient (Wildman–Crippen LogP) is 2.82. The first-order valence-electron chi connectivity index (χ1n) is 8.82. The minimum absolute atomic E-state index is 0.441. The standard InChI is InChI=1S/C19H16N6O2S/c1-27-14-5-11(7-20)4-13(6-14)25-9-15(22-23-25)18(26)17-19(12-2-3-12)28-16-8-21-10-24(16)17/h4-6,8-10,12,18,26H,2-3H2,1H3. The van der Waals surface area contributed by atoms with Crippen molar-refractivity contribution in [3.05, 3.63) is 58.7 Å². The van der Waals surface area contributed by atoms with Crippen LogP contribution in [0.15, 0.2) is 36.9 Å². The Morgan fingerprint density at radius 3 is 2.96 bits per heavy atom. The van der Waals surface area contributed by atoms with E-state index in [2.05, 4.69) is 21.4 Å². The first-order chi connectivity index (χ1) is 13.7. The Hall–Kier alpha value is -3.22. The number of ether oxygens (including phenoxy) is 1. The number of hydrogen-bond donors (Lipinski definition) is 1. The quantitative estimate of drug-likeness (QED) is 0.560. The molecule has 1 aliphatic rings. The summed E-state index contributed by atoms with van der Waals surface area (Å²) in [4.78, 5) is 6.38. The molecule has 1 unspecified atom stereocenters. The average molecular weight is 392 g/mol. The van der Waals surface area contributed by atoms with Crippen LogP contribution in [0.2, 0.25) is 0 Å². The molecule has 9 heteroatoms. The van der Waals surface area contributed by atoms with Gasteiger partial charge in [-0.15, -0.1) is 16.4 Å². The van der Waals surface area contributed by atoms with Gasteiger partial charge in [0, 0.05) is 10.9 Å². The monoisotopic (exact) mass is 392 g/mol. The lowest BCUT2D eigenvalue weighted by Gasteiger charge is -2.09. The highest BCUT2D eigenvalue weighted by atomic mass is 32.1. The van der Waals surface area contributed by atoms with Gasteiger partial charge < -0.3 is 9.84 Å². The van der Waals surface area contributed by atoms with Crippen LogP contribution in [0.4, 0.5) is 0 Å². The molecule has 0 saturated heterocycles. The van der Waals surface area contributed by atoms with Crippen molar-refractivity contribution < 1.29 is 9.84 Å². The molecular formula is C19H16N6O2S. The normalized spacial score (nSPS) is 14.9. The summed E-state index contributed by atoms with van der Waals surface area (Å²) in [7, 11) is 1.54. The number of aliphatic hydroxyl groups excluding tert-OH is 1. The Morgan fingerprint density at radius 1 is 1.36 bits per heavy atom. The number of nitrogens with zero attached hydrogens (tertiary/aromatic N) is 6. The molecule has 8 nitrogen and oxygen atoms in total. The van der Waals surface area contributed by atoms with Gasteiger partial charge in [-0.3, -0.25) is 4.40 Å². The summed E-state index contributed by atoms with van der Waals surface area (Å²) in [6.45, 7) is 0. The molecule has 0 spiro atoms. The molecule has 5 rings (SSSR count). The zero-order valence-corrected chi connectivity index (χ0v) is 15.8. The van der Waals surface area contributed by atoms with Crippen molar-refractivity contribution in [2.75, 3.05) is 7.11 Å². The van der Waals surface area contributed by atoms with Gasteiger partial charge in [0.25, 0.3) is 0 Å². The van der Waals surface area contributed by atoms with Crippen molar-refractivity contribution in [3.8, 4) is 17.5 Å². The highest BCUT2D eigenvalue weighted by Gasteiger charge is 2.33. The summed E-state index contributed by atoms with van der Waals surface area (Å²) in [5.74, 6) is 1.06. The number of rotatable bonds is 5. The summed E-state index contributed by atoms with van der Waals surface area (Å²) >= 11 is 1.67. The van der Waals surface area contributed by atoms with Gasteiger partial charge in [-0.1, -0.05) is 5.21 Å². The third kappa shape index (κ3) is 2.74. The van der Waals surface area contributed by atoms with Crippen LogP contribution in [-0.2, 0) is 0 Å². The first kappa shape index (κ1) is 16.9. The number of fused-ring (bicyclic) bond motifs is 1. The van der Waals surface area contributed by atoms with Gasteiger partial charge in [0.2, 0.25) is 0 Å². The highest BCUT2D eigenvalue weighted by Crippen LogP contribution is 2.47. The minimum Gasteiger partial charge on any atom is -0.497 e. The Bertz CT molecular complexity index is 1210. The second-order valence-corrected chi connectivity index (χ2v) is 7.81. The zero-order valence-electron chi connectivity index (χ0n) is 15.0. The average Bonchev–Trinajstić information content (AvgIpc) is 3.13. The summed E-state index contributed by atoms with van der Waals surface area (Å²) in [6, 6.07) is 7.22. The van der Waals surface area contributed by atoms with E-state index >= 15 is 0 Å². The number of imidazole rings is 1. The minimum atomic E-state index is -0.909. The molecular weight excluding hydrogens is 376 g/mol. The smallest absolute Gasteiger partial charge is 0.141 e. The topological polar surface area (TPSA) is 101 Å². The predicted molar refractivity (Wildman–Crippen MR) is 102 cm³/mol. The van der Waals surface area contributed by atoms with Crippen LogP contribution in [0.5, 0.6) is 5.75 Å². The van der Waals surface area contributed by atoms with E-state index in [1.165, 1.54) is 9.56 Å². The van der Waals surface area contributed by atoms with Crippen LogP contribution < -0.4 is 4.74 Å². The Balaban J connectivity index is 1.55. The van der Waals surface area contributed by atoms with E-state index in [9.17, 15) is 10.4 Å². The van der Waals surface area contributed by atoms with Crippen molar-refractivity contribution in [1.82, 2.24) is 24.4 Å². The maximum atomic E-state index is 11.1. The first-order valence-corrected chi connectivity index (χ1v) is 9.64. The Morgan fingerprint density at radius 2 is 2.21 bits per heavy atom. The van der Waals surface area contributed by atoms with E-state index in [-0.39, 0.29) is 0 Å². The number of aromatic nitrogens is 5.